The number of hydrogen-bond donors (Lipinski definition) is 1. The fraction of sp³-hybridized carbons (Fsp3) is 0.278. The van der Waals surface area contributed by atoms with Crippen LogP contribution in [0.2, 0.25) is 0 Å². The van der Waals surface area contributed by atoms with Crippen molar-refractivity contribution in [2.45, 2.75) is 24.9 Å². The lowest BCUT2D eigenvalue weighted by molar-refractivity contribution is 0.305. The third-order valence-electron chi connectivity index (χ3n) is 4.95. The first-order chi connectivity index (χ1) is 10.9. The van der Waals surface area contributed by atoms with Gasteiger partial charge in [0, 0.05) is 18.2 Å². The molecule has 2 aliphatic rings. The zero-order valence-corrected chi connectivity index (χ0v) is 13.2. The highest BCUT2D eigenvalue weighted by atomic mass is 15.4. The molecule has 0 aliphatic carbocycles. The van der Waals surface area contributed by atoms with Crippen LogP contribution in [0.1, 0.15) is 19.4 Å². The van der Waals surface area contributed by atoms with Crippen LogP contribution in [0.15, 0.2) is 47.2 Å². The second kappa shape index (κ2) is 4.63. The molecule has 2 heterocycles. The number of benzene rings is 1. The number of hydrogen-bond acceptors (Lipinski definition) is 5. The zero-order chi connectivity index (χ0) is 16.8. The van der Waals surface area contributed by atoms with Crippen molar-refractivity contribution in [2.24, 2.45) is 0 Å². The minimum absolute atomic E-state index is 0.0742. The number of fused-ring (bicyclic) bond motifs is 1. The van der Waals surface area contributed by atoms with Gasteiger partial charge in [-0.3, -0.25) is 0 Å². The van der Waals surface area contributed by atoms with Crippen molar-refractivity contribution in [1.82, 2.24) is 5.32 Å². The molecule has 0 aromatic heterocycles. The summed E-state index contributed by atoms with van der Waals surface area (Å²) in [5.41, 5.74) is 1.75. The summed E-state index contributed by atoms with van der Waals surface area (Å²) in [5, 5.41) is 31.1. The molecule has 5 nitrogen and oxygen atoms in total. The largest absolute Gasteiger partial charge is 0.356 e. The highest BCUT2D eigenvalue weighted by molar-refractivity contribution is 5.72. The smallest absolute Gasteiger partial charge is 0.154 e. The van der Waals surface area contributed by atoms with Gasteiger partial charge in [-0.25, -0.2) is 0 Å². The van der Waals surface area contributed by atoms with Crippen molar-refractivity contribution in [3.05, 3.63) is 52.7 Å². The summed E-state index contributed by atoms with van der Waals surface area (Å²) < 4.78 is 0. The fourth-order valence-corrected chi connectivity index (χ4v) is 3.62. The van der Waals surface area contributed by atoms with E-state index in [0.29, 0.717) is 11.3 Å². The maximum absolute atomic E-state index is 9.46. The monoisotopic (exact) mass is 301 g/mol. The van der Waals surface area contributed by atoms with Crippen molar-refractivity contribution >= 4 is 5.69 Å². The number of para-hydroxylation sites is 1. The Morgan fingerprint density at radius 3 is 2.35 bits per heavy atom. The molecule has 3 rings (SSSR count). The molecule has 1 aromatic rings. The summed E-state index contributed by atoms with van der Waals surface area (Å²) in [6.07, 6.45) is 1.83. The first kappa shape index (κ1) is 14.7. The van der Waals surface area contributed by atoms with Crippen LogP contribution in [0.25, 0.3) is 0 Å². The number of rotatable bonds is 0. The van der Waals surface area contributed by atoms with Gasteiger partial charge < -0.3 is 10.2 Å². The molecule has 0 saturated heterocycles. The molecule has 0 radical (unpaired) electrons. The van der Waals surface area contributed by atoms with Crippen LogP contribution in [0.4, 0.5) is 5.69 Å². The molecule has 0 bridgehead atoms. The Kier molecular flexibility index (Phi) is 2.96. The van der Waals surface area contributed by atoms with Gasteiger partial charge in [0.2, 0.25) is 0 Å². The van der Waals surface area contributed by atoms with E-state index in [9.17, 15) is 15.8 Å². The molecule has 1 unspecified atom stereocenters. The summed E-state index contributed by atoms with van der Waals surface area (Å²) in [7, 11) is 1.95. The first-order valence-corrected chi connectivity index (χ1v) is 7.22. The van der Waals surface area contributed by atoms with Gasteiger partial charge in [0.15, 0.2) is 5.57 Å². The molecule has 112 valence electrons. The quantitative estimate of drug-likeness (QED) is 0.744. The van der Waals surface area contributed by atoms with Crippen molar-refractivity contribution in [3.8, 4) is 18.2 Å². The van der Waals surface area contributed by atoms with E-state index in [1.807, 2.05) is 43.5 Å². The molecule has 5 heteroatoms. The van der Waals surface area contributed by atoms with E-state index in [1.165, 1.54) is 0 Å². The maximum Gasteiger partial charge on any atom is 0.154 e. The van der Waals surface area contributed by atoms with Crippen LogP contribution in [0.3, 0.4) is 0 Å². The topological polar surface area (TPSA) is 86.6 Å². The summed E-state index contributed by atoms with van der Waals surface area (Å²) in [6.45, 7) is 4.18. The Morgan fingerprint density at radius 2 is 1.78 bits per heavy atom. The van der Waals surface area contributed by atoms with Crippen LogP contribution in [-0.2, 0) is 5.41 Å². The molecule has 1 aromatic carbocycles. The number of likely N-dealkylation sites (N-methyl/N-ethyl adjacent to an activating group) is 1. The standard InChI is InChI=1S/C18H15N5/c1-17(2)14-6-4-5-7-15(14)23(3)18(17)8-12(9-19)16(22-18)13(10-20)11-21/h4-8,22H,1-3H3. The van der Waals surface area contributed by atoms with Gasteiger partial charge in [0.05, 0.1) is 11.3 Å². The van der Waals surface area contributed by atoms with Gasteiger partial charge in [-0.2, -0.15) is 15.8 Å². The van der Waals surface area contributed by atoms with E-state index in [1.54, 1.807) is 0 Å². The highest BCUT2D eigenvalue weighted by Gasteiger charge is 2.57. The van der Waals surface area contributed by atoms with Crippen molar-refractivity contribution < 1.29 is 0 Å². The molecule has 0 fully saturated rings. The number of allylic oxidation sites excluding steroid dienone is 2. The predicted molar refractivity (Wildman–Crippen MR) is 85.7 cm³/mol. The van der Waals surface area contributed by atoms with E-state index in [2.05, 4.69) is 36.2 Å². The number of anilines is 1. The Hall–Kier alpha value is -3.23. The summed E-state index contributed by atoms with van der Waals surface area (Å²) >= 11 is 0. The lowest BCUT2D eigenvalue weighted by Gasteiger charge is -2.42. The minimum Gasteiger partial charge on any atom is -0.356 e. The summed E-state index contributed by atoms with van der Waals surface area (Å²) in [5.74, 6) is 0. The SMILES string of the molecule is CN1c2ccccc2C(C)(C)C12C=C(C#N)C(=C(C#N)C#N)N2. The summed E-state index contributed by atoms with van der Waals surface area (Å²) in [4.78, 5) is 2.07. The molecule has 0 saturated carbocycles. The van der Waals surface area contributed by atoms with E-state index in [0.717, 1.165) is 11.3 Å². The average molecular weight is 301 g/mol. The van der Waals surface area contributed by atoms with Crippen LogP contribution in [0, 0.1) is 34.0 Å². The van der Waals surface area contributed by atoms with Crippen LogP contribution < -0.4 is 10.2 Å². The fourth-order valence-electron chi connectivity index (χ4n) is 3.62. The number of nitrogens with one attached hydrogen (secondary N) is 1. The molecule has 23 heavy (non-hydrogen) atoms. The van der Waals surface area contributed by atoms with Gasteiger partial charge in [-0.15, -0.1) is 0 Å². The minimum atomic E-state index is -0.684. The van der Waals surface area contributed by atoms with Gasteiger partial charge in [0.1, 0.15) is 23.9 Å². The molecule has 2 aliphatic heterocycles. The van der Waals surface area contributed by atoms with E-state index in [4.69, 9.17) is 0 Å². The third kappa shape index (κ3) is 1.64. The van der Waals surface area contributed by atoms with Crippen molar-refractivity contribution in [3.63, 3.8) is 0 Å². The second-order valence-corrected chi connectivity index (χ2v) is 6.24. The Labute approximate surface area is 135 Å². The number of nitrogens with zero attached hydrogens (tertiary/aromatic N) is 4. The van der Waals surface area contributed by atoms with Gasteiger partial charge in [0.25, 0.3) is 0 Å². The van der Waals surface area contributed by atoms with Crippen LogP contribution in [-0.4, -0.2) is 12.7 Å². The first-order valence-electron chi connectivity index (χ1n) is 7.22. The molecule has 1 N–H and O–H groups in total. The predicted octanol–water partition coefficient (Wildman–Crippen LogP) is 2.46. The normalized spacial score (nSPS) is 23.4. The van der Waals surface area contributed by atoms with Gasteiger partial charge in [-0.1, -0.05) is 32.0 Å². The highest BCUT2D eigenvalue weighted by Crippen LogP contribution is 2.53. The van der Waals surface area contributed by atoms with E-state index >= 15 is 0 Å². The lowest BCUT2D eigenvalue weighted by Crippen LogP contribution is -2.60. The Morgan fingerprint density at radius 1 is 1.13 bits per heavy atom. The van der Waals surface area contributed by atoms with E-state index < -0.39 is 5.66 Å². The van der Waals surface area contributed by atoms with Crippen LogP contribution in [0.5, 0.6) is 0 Å². The second-order valence-electron chi connectivity index (χ2n) is 6.24. The Bertz CT molecular complexity index is 869. The third-order valence-corrected chi connectivity index (χ3v) is 4.95. The average Bonchev–Trinajstić information content (AvgIpc) is 3.02. The molecular formula is C18H15N5. The molecular weight excluding hydrogens is 286 g/mol. The molecule has 1 atom stereocenters. The van der Waals surface area contributed by atoms with Crippen molar-refractivity contribution in [2.75, 3.05) is 11.9 Å². The zero-order valence-electron chi connectivity index (χ0n) is 13.2. The lowest BCUT2D eigenvalue weighted by atomic mass is 9.76. The molecule has 1 spiro atoms. The molecule has 0 amide bonds. The number of nitriles is 3. The maximum atomic E-state index is 9.46. The van der Waals surface area contributed by atoms with Gasteiger partial charge >= 0.3 is 0 Å². The van der Waals surface area contributed by atoms with Crippen LogP contribution >= 0.6 is 0 Å². The van der Waals surface area contributed by atoms with Crippen molar-refractivity contribution in [1.29, 1.82) is 15.8 Å². The Balaban J connectivity index is 2.26. The van der Waals surface area contributed by atoms with E-state index in [-0.39, 0.29) is 11.0 Å². The van der Waals surface area contributed by atoms with Gasteiger partial charge in [-0.05, 0) is 17.7 Å². The summed E-state index contributed by atoms with van der Waals surface area (Å²) in [6, 6.07) is 13.9.